The summed E-state index contributed by atoms with van der Waals surface area (Å²) in [7, 11) is 0. The van der Waals surface area contributed by atoms with E-state index >= 15 is 0 Å². The van der Waals surface area contributed by atoms with Gasteiger partial charge in [-0.25, -0.2) is 4.79 Å². The largest absolute Gasteiger partial charge is 0.478 e. The van der Waals surface area contributed by atoms with Gasteiger partial charge in [0, 0.05) is 0 Å². The van der Waals surface area contributed by atoms with Crippen LogP contribution < -0.4 is 0 Å². The molecule has 2 rings (SSSR count). The van der Waals surface area contributed by atoms with Crippen LogP contribution in [0.15, 0.2) is 54.6 Å². The molecule has 2 aromatic rings. The number of carbonyl (C=O) groups is 1. The number of halogens is 3. The lowest BCUT2D eigenvalue weighted by Gasteiger charge is -2.08. The molecule has 0 bridgehead atoms. The SMILES string of the molecule is O=C(O)/C(=C\c1cccc(C(F)(F)F)c1)c1ccccc1. The summed E-state index contributed by atoms with van der Waals surface area (Å²) in [5.74, 6) is -1.20. The Kier molecular flexibility index (Phi) is 4.12. The third-order valence-electron chi connectivity index (χ3n) is 2.84. The van der Waals surface area contributed by atoms with Crippen molar-refractivity contribution in [1.29, 1.82) is 0 Å². The summed E-state index contributed by atoms with van der Waals surface area (Å²) in [6.45, 7) is 0. The van der Waals surface area contributed by atoms with Crippen molar-refractivity contribution < 1.29 is 23.1 Å². The minimum Gasteiger partial charge on any atom is -0.478 e. The van der Waals surface area contributed by atoms with Gasteiger partial charge in [0.25, 0.3) is 0 Å². The fraction of sp³-hybridized carbons (Fsp3) is 0.0625. The van der Waals surface area contributed by atoms with Gasteiger partial charge >= 0.3 is 12.1 Å². The van der Waals surface area contributed by atoms with Crippen LogP contribution in [0.5, 0.6) is 0 Å². The average molecular weight is 292 g/mol. The Hall–Kier alpha value is -2.56. The van der Waals surface area contributed by atoms with E-state index in [-0.39, 0.29) is 11.1 Å². The minimum atomic E-state index is -4.46. The van der Waals surface area contributed by atoms with Gasteiger partial charge in [-0.3, -0.25) is 0 Å². The van der Waals surface area contributed by atoms with E-state index in [2.05, 4.69) is 0 Å². The molecule has 2 aromatic carbocycles. The maximum atomic E-state index is 12.6. The Balaban J connectivity index is 2.47. The first-order valence-corrected chi connectivity index (χ1v) is 6.05. The predicted octanol–water partition coefficient (Wildman–Crippen LogP) is 4.33. The lowest BCUT2D eigenvalue weighted by molar-refractivity contribution is -0.137. The molecule has 2 nitrogen and oxygen atoms in total. The molecule has 0 aromatic heterocycles. The van der Waals surface area contributed by atoms with Gasteiger partial charge in [-0.15, -0.1) is 0 Å². The van der Waals surface area contributed by atoms with E-state index in [1.807, 2.05) is 0 Å². The van der Waals surface area contributed by atoms with Gasteiger partial charge in [0.1, 0.15) is 0 Å². The van der Waals surface area contributed by atoms with E-state index in [4.69, 9.17) is 0 Å². The van der Waals surface area contributed by atoms with Crippen LogP contribution in [0.2, 0.25) is 0 Å². The number of alkyl halides is 3. The number of hydrogen-bond acceptors (Lipinski definition) is 1. The van der Waals surface area contributed by atoms with Crippen LogP contribution in [0.1, 0.15) is 16.7 Å². The normalized spacial score (nSPS) is 12.2. The number of hydrogen-bond donors (Lipinski definition) is 1. The molecule has 1 N–H and O–H groups in total. The zero-order chi connectivity index (χ0) is 15.5. The van der Waals surface area contributed by atoms with Gasteiger partial charge in [0.15, 0.2) is 0 Å². The highest BCUT2D eigenvalue weighted by Gasteiger charge is 2.30. The maximum Gasteiger partial charge on any atom is 0.416 e. The standard InChI is InChI=1S/C16H11F3O2/c17-16(18,19)13-8-4-5-11(9-13)10-14(15(20)21)12-6-2-1-3-7-12/h1-10H,(H,20,21)/b14-10-. The van der Waals surface area contributed by atoms with Crippen molar-refractivity contribution in [3.63, 3.8) is 0 Å². The summed E-state index contributed by atoms with van der Waals surface area (Å²) < 4.78 is 37.9. The van der Waals surface area contributed by atoms with Crippen molar-refractivity contribution in [2.24, 2.45) is 0 Å². The summed E-state index contributed by atoms with van der Waals surface area (Å²) in [6, 6.07) is 12.8. The van der Waals surface area contributed by atoms with Gasteiger partial charge in [0.2, 0.25) is 0 Å². The minimum absolute atomic E-state index is 0.0603. The van der Waals surface area contributed by atoms with Gasteiger partial charge in [-0.05, 0) is 29.3 Å². The van der Waals surface area contributed by atoms with Crippen LogP contribution in [0.3, 0.4) is 0 Å². The molecule has 21 heavy (non-hydrogen) atoms. The third-order valence-corrected chi connectivity index (χ3v) is 2.84. The summed E-state index contributed by atoms with van der Waals surface area (Å²) in [5.41, 5.74) is -0.252. The van der Waals surface area contributed by atoms with Gasteiger partial charge < -0.3 is 5.11 Å². The second kappa shape index (κ2) is 5.83. The van der Waals surface area contributed by atoms with E-state index < -0.39 is 17.7 Å². The quantitative estimate of drug-likeness (QED) is 0.675. The van der Waals surface area contributed by atoms with E-state index in [1.54, 1.807) is 30.3 Å². The van der Waals surface area contributed by atoms with Crippen LogP contribution in [-0.2, 0) is 11.0 Å². The third kappa shape index (κ3) is 3.72. The van der Waals surface area contributed by atoms with Crippen LogP contribution in [0, 0.1) is 0 Å². The number of carboxylic acids is 1. The highest BCUT2D eigenvalue weighted by atomic mass is 19.4. The smallest absolute Gasteiger partial charge is 0.416 e. The fourth-order valence-corrected chi connectivity index (χ4v) is 1.86. The molecule has 0 aliphatic carbocycles. The van der Waals surface area contributed by atoms with E-state index in [9.17, 15) is 23.1 Å². The van der Waals surface area contributed by atoms with Gasteiger partial charge in [-0.1, -0.05) is 42.5 Å². The monoisotopic (exact) mass is 292 g/mol. The molecule has 0 saturated heterocycles. The van der Waals surface area contributed by atoms with E-state index in [0.717, 1.165) is 12.1 Å². The topological polar surface area (TPSA) is 37.3 Å². The summed E-state index contributed by atoms with van der Waals surface area (Å²) >= 11 is 0. The molecule has 0 radical (unpaired) electrons. The van der Waals surface area contributed by atoms with Crippen molar-refractivity contribution >= 4 is 17.6 Å². The molecule has 0 atom stereocenters. The first-order valence-electron chi connectivity index (χ1n) is 6.05. The number of benzene rings is 2. The Morgan fingerprint density at radius 2 is 1.67 bits per heavy atom. The highest BCUT2D eigenvalue weighted by Crippen LogP contribution is 2.30. The van der Waals surface area contributed by atoms with Crippen molar-refractivity contribution in [2.75, 3.05) is 0 Å². The molecule has 0 aliphatic heterocycles. The van der Waals surface area contributed by atoms with Gasteiger partial charge in [0.05, 0.1) is 11.1 Å². The number of rotatable bonds is 3. The Bertz CT molecular complexity index is 673. The highest BCUT2D eigenvalue weighted by molar-refractivity contribution is 6.20. The molecule has 5 heteroatoms. The Morgan fingerprint density at radius 1 is 1.00 bits per heavy atom. The van der Waals surface area contributed by atoms with Crippen molar-refractivity contribution in [2.45, 2.75) is 6.18 Å². The van der Waals surface area contributed by atoms with Crippen molar-refractivity contribution in [3.05, 3.63) is 71.3 Å². The second-order valence-electron chi connectivity index (χ2n) is 4.35. The fourth-order valence-electron chi connectivity index (χ4n) is 1.86. The molecule has 108 valence electrons. The molecule has 0 heterocycles. The molecule has 0 fully saturated rings. The summed E-state index contributed by atoms with van der Waals surface area (Å²) in [6.07, 6.45) is -3.23. The van der Waals surface area contributed by atoms with Crippen molar-refractivity contribution in [3.8, 4) is 0 Å². The zero-order valence-corrected chi connectivity index (χ0v) is 10.8. The Labute approximate surface area is 119 Å². The van der Waals surface area contributed by atoms with Crippen LogP contribution >= 0.6 is 0 Å². The van der Waals surface area contributed by atoms with Crippen LogP contribution in [0.4, 0.5) is 13.2 Å². The molecule has 0 unspecified atom stereocenters. The lowest BCUT2D eigenvalue weighted by atomic mass is 10.0. The average Bonchev–Trinajstić information content (AvgIpc) is 2.45. The second-order valence-corrected chi connectivity index (χ2v) is 4.35. The predicted molar refractivity (Wildman–Crippen MR) is 73.4 cm³/mol. The lowest BCUT2D eigenvalue weighted by Crippen LogP contribution is -2.05. The first-order chi connectivity index (χ1) is 9.88. The zero-order valence-electron chi connectivity index (χ0n) is 10.8. The van der Waals surface area contributed by atoms with Crippen LogP contribution in [0.25, 0.3) is 11.6 Å². The molecule has 0 spiro atoms. The van der Waals surface area contributed by atoms with Crippen LogP contribution in [-0.4, -0.2) is 11.1 Å². The Morgan fingerprint density at radius 3 is 2.24 bits per heavy atom. The number of carboxylic acid groups (broad SMARTS) is 1. The van der Waals surface area contributed by atoms with Gasteiger partial charge in [-0.2, -0.15) is 13.2 Å². The molecule has 0 saturated carbocycles. The summed E-state index contributed by atoms with van der Waals surface area (Å²) in [5, 5.41) is 9.23. The van der Waals surface area contributed by atoms with E-state index in [1.165, 1.54) is 18.2 Å². The number of aliphatic carboxylic acids is 1. The summed E-state index contributed by atoms with van der Waals surface area (Å²) in [4.78, 5) is 11.3. The van der Waals surface area contributed by atoms with E-state index in [0.29, 0.717) is 5.56 Å². The molecular weight excluding hydrogens is 281 g/mol. The maximum absolute atomic E-state index is 12.6. The molecule has 0 amide bonds. The molecular formula is C16H11F3O2. The molecule has 0 aliphatic rings. The first kappa shape index (κ1) is 14.8. The van der Waals surface area contributed by atoms with Crippen molar-refractivity contribution in [1.82, 2.24) is 0 Å².